The van der Waals surface area contributed by atoms with Crippen LogP contribution in [0.1, 0.15) is 54.7 Å². The molecule has 0 aromatic heterocycles. The summed E-state index contributed by atoms with van der Waals surface area (Å²) in [6.07, 6.45) is 5.13. The zero-order valence-corrected chi connectivity index (χ0v) is 17.6. The molecule has 1 amide bonds. The number of piperidine rings is 1. The topological polar surface area (TPSA) is 53.3 Å². The average molecular weight is 401 g/mol. The highest BCUT2D eigenvalue weighted by molar-refractivity contribution is 5.81. The van der Waals surface area contributed by atoms with Gasteiger partial charge < -0.3 is 9.64 Å². The molecule has 1 aliphatic carbocycles. The lowest BCUT2D eigenvalue weighted by Gasteiger charge is -2.34. The van der Waals surface area contributed by atoms with Gasteiger partial charge in [-0.05, 0) is 84.7 Å². The van der Waals surface area contributed by atoms with Crippen LogP contribution in [0.15, 0.2) is 42.5 Å². The van der Waals surface area contributed by atoms with Gasteiger partial charge >= 0.3 is 0 Å². The molecule has 0 bridgehead atoms. The normalized spacial score (nSPS) is 24.6. The quantitative estimate of drug-likeness (QED) is 0.743. The minimum atomic E-state index is -0.190. The molecule has 1 saturated carbocycles. The lowest BCUT2D eigenvalue weighted by molar-refractivity contribution is -0.142. The van der Waals surface area contributed by atoms with Gasteiger partial charge in [0.05, 0.1) is 11.6 Å². The van der Waals surface area contributed by atoms with Crippen molar-refractivity contribution in [3.63, 3.8) is 0 Å². The highest BCUT2D eigenvalue weighted by atomic mass is 16.5. The standard InChI is InChI=1S/C26H28N2O2/c1-18-4-5-19(17-27)15-22(18)20-6-8-21(9-7-20)23-16-26(23)10-12-28(13-11-26)25(29)24-3-2-14-30-24/h4-9,15,23-24H,2-3,10-14,16H2,1H3/t23?,24-/m1/s1. The number of aryl methyl sites for hydroxylation is 1. The van der Waals surface area contributed by atoms with Crippen molar-refractivity contribution in [1.82, 2.24) is 4.90 Å². The van der Waals surface area contributed by atoms with Crippen LogP contribution in [-0.4, -0.2) is 36.6 Å². The molecule has 3 aliphatic rings. The summed E-state index contributed by atoms with van der Waals surface area (Å²) in [5.74, 6) is 0.817. The lowest BCUT2D eigenvalue weighted by atomic mass is 9.88. The molecule has 0 N–H and O–H groups in total. The third kappa shape index (κ3) is 3.42. The van der Waals surface area contributed by atoms with E-state index < -0.39 is 0 Å². The Bertz CT molecular complexity index is 991. The van der Waals surface area contributed by atoms with E-state index >= 15 is 0 Å². The zero-order valence-electron chi connectivity index (χ0n) is 17.6. The smallest absolute Gasteiger partial charge is 0.251 e. The van der Waals surface area contributed by atoms with Crippen molar-refractivity contribution < 1.29 is 9.53 Å². The Hall–Kier alpha value is -2.64. The first kappa shape index (κ1) is 19.3. The number of amides is 1. The number of nitriles is 1. The molecular formula is C26H28N2O2. The van der Waals surface area contributed by atoms with Gasteiger partial charge in [-0.15, -0.1) is 0 Å². The number of carbonyl (C=O) groups is 1. The van der Waals surface area contributed by atoms with E-state index in [1.54, 1.807) is 0 Å². The van der Waals surface area contributed by atoms with Gasteiger partial charge in [-0.2, -0.15) is 5.26 Å². The fourth-order valence-electron chi connectivity index (χ4n) is 5.42. The SMILES string of the molecule is Cc1ccc(C#N)cc1-c1ccc(C2CC23CCN(C(=O)[C@H]2CCCO2)CC3)cc1. The second kappa shape index (κ2) is 7.56. The number of nitrogens with zero attached hydrogens (tertiary/aromatic N) is 2. The van der Waals surface area contributed by atoms with Gasteiger partial charge in [-0.3, -0.25) is 4.79 Å². The first-order valence-corrected chi connectivity index (χ1v) is 11.1. The lowest BCUT2D eigenvalue weighted by Crippen LogP contribution is -2.44. The summed E-state index contributed by atoms with van der Waals surface area (Å²) in [6.45, 7) is 4.55. The molecule has 4 nitrogen and oxygen atoms in total. The van der Waals surface area contributed by atoms with E-state index in [-0.39, 0.29) is 12.0 Å². The summed E-state index contributed by atoms with van der Waals surface area (Å²) in [7, 11) is 0. The van der Waals surface area contributed by atoms with E-state index in [1.807, 2.05) is 23.1 Å². The highest BCUT2D eigenvalue weighted by Crippen LogP contribution is 2.65. The fourth-order valence-corrected chi connectivity index (χ4v) is 5.42. The average Bonchev–Trinajstić information content (AvgIpc) is 3.21. The molecule has 2 atom stereocenters. The van der Waals surface area contributed by atoms with E-state index in [9.17, 15) is 10.1 Å². The number of hydrogen-bond donors (Lipinski definition) is 0. The van der Waals surface area contributed by atoms with Gasteiger partial charge in [0.2, 0.25) is 0 Å². The molecule has 2 aromatic carbocycles. The van der Waals surface area contributed by atoms with Gasteiger partial charge in [-0.25, -0.2) is 0 Å². The highest BCUT2D eigenvalue weighted by Gasteiger charge is 2.55. The van der Waals surface area contributed by atoms with Crippen LogP contribution in [0.4, 0.5) is 0 Å². The molecule has 1 spiro atoms. The summed E-state index contributed by atoms with van der Waals surface area (Å²) in [6, 6.07) is 17.0. The minimum absolute atomic E-state index is 0.190. The van der Waals surface area contributed by atoms with E-state index in [1.165, 1.54) is 23.1 Å². The van der Waals surface area contributed by atoms with Crippen LogP contribution in [0.5, 0.6) is 0 Å². The Morgan fingerprint density at radius 1 is 1.17 bits per heavy atom. The zero-order chi connectivity index (χ0) is 20.7. The van der Waals surface area contributed by atoms with Gasteiger partial charge in [0, 0.05) is 19.7 Å². The molecule has 154 valence electrons. The molecule has 3 fully saturated rings. The summed E-state index contributed by atoms with van der Waals surface area (Å²) in [5, 5.41) is 9.20. The third-order valence-electron chi connectivity index (χ3n) is 7.46. The van der Waals surface area contributed by atoms with E-state index in [4.69, 9.17) is 4.74 Å². The molecule has 2 heterocycles. The maximum atomic E-state index is 12.6. The molecule has 5 rings (SSSR count). The van der Waals surface area contributed by atoms with Crippen molar-refractivity contribution in [3.05, 3.63) is 59.2 Å². The summed E-state index contributed by atoms with van der Waals surface area (Å²) in [4.78, 5) is 14.6. The van der Waals surface area contributed by atoms with Crippen molar-refractivity contribution >= 4 is 5.91 Å². The number of carbonyl (C=O) groups excluding carboxylic acids is 1. The van der Waals surface area contributed by atoms with E-state index in [0.717, 1.165) is 50.9 Å². The number of benzene rings is 2. The molecule has 1 unspecified atom stereocenters. The Morgan fingerprint density at radius 2 is 1.93 bits per heavy atom. The van der Waals surface area contributed by atoms with Crippen LogP contribution < -0.4 is 0 Å². The van der Waals surface area contributed by atoms with Crippen LogP contribution in [-0.2, 0) is 9.53 Å². The molecule has 0 radical (unpaired) electrons. The summed E-state index contributed by atoms with van der Waals surface area (Å²) >= 11 is 0. The minimum Gasteiger partial charge on any atom is -0.368 e. The van der Waals surface area contributed by atoms with Crippen molar-refractivity contribution in [2.24, 2.45) is 5.41 Å². The monoisotopic (exact) mass is 400 g/mol. The van der Waals surface area contributed by atoms with Gasteiger partial charge in [0.1, 0.15) is 6.10 Å². The number of likely N-dealkylation sites (tertiary alicyclic amines) is 1. The van der Waals surface area contributed by atoms with E-state index in [2.05, 4.69) is 37.3 Å². The molecule has 2 aliphatic heterocycles. The van der Waals surface area contributed by atoms with Crippen molar-refractivity contribution in [2.75, 3.05) is 19.7 Å². The maximum Gasteiger partial charge on any atom is 0.251 e. The molecule has 4 heteroatoms. The Labute approximate surface area is 178 Å². The second-order valence-corrected chi connectivity index (χ2v) is 9.21. The fraction of sp³-hybridized carbons (Fsp3) is 0.462. The van der Waals surface area contributed by atoms with Crippen LogP contribution in [0.25, 0.3) is 11.1 Å². The molecular weight excluding hydrogens is 372 g/mol. The Morgan fingerprint density at radius 3 is 2.60 bits per heavy atom. The second-order valence-electron chi connectivity index (χ2n) is 9.21. The van der Waals surface area contributed by atoms with Crippen LogP contribution >= 0.6 is 0 Å². The summed E-state index contributed by atoms with van der Waals surface area (Å²) < 4.78 is 5.59. The number of hydrogen-bond acceptors (Lipinski definition) is 3. The van der Waals surface area contributed by atoms with Crippen LogP contribution in [0.2, 0.25) is 0 Å². The first-order chi connectivity index (χ1) is 14.6. The van der Waals surface area contributed by atoms with Crippen LogP contribution in [0.3, 0.4) is 0 Å². The largest absolute Gasteiger partial charge is 0.368 e. The molecule has 2 saturated heterocycles. The predicted molar refractivity (Wildman–Crippen MR) is 116 cm³/mol. The molecule has 30 heavy (non-hydrogen) atoms. The number of rotatable bonds is 3. The predicted octanol–water partition coefficient (Wildman–Crippen LogP) is 4.81. The van der Waals surface area contributed by atoms with Crippen molar-refractivity contribution in [3.8, 4) is 17.2 Å². The third-order valence-corrected chi connectivity index (χ3v) is 7.46. The van der Waals surface area contributed by atoms with Gasteiger partial charge in [0.15, 0.2) is 0 Å². The van der Waals surface area contributed by atoms with Gasteiger partial charge in [-0.1, -0.05) is 30.3 Å². The van der Waals surface area contributed by atoms with Crippen LogP contribution in [0, 0.1) is 23.7 Å². The summed E-state index contributed by atoms with van der Waals surface area (Å²) in [5.41, 5.74) is 5.97. The van der Waals surface area contributed by atoms with Gasteiger partial charge in [0.25, 0.3) is 5.91 Å². The van der Waals surface area contributed by atoms with E-state index in [0.29, 0.717) is 16.9 Å². The number of ether oxygens (including phenoxy) is 1. The Balaban J connectivity index is 1.24. The van der Waals surface area contributed by atoms with Crippen molar-refractivity contribution in [2.45, 2.75) is 51.0 Å². The first-order valence-electron chi connectivity index (χ1n) is 11.1. The molecule has 2 aromatic rings. The Kier molecular flexibility index (Phi) is 4.87. The van der Waals surface area contributed by atoms with Crippen molar-refractivity contribution in [1.29, 1.82) is 5.26 Å². The maximum absolute atomic E-state index is 12.6.